The summed E-state index contributed by atoms with van der Waals surface area (Å²) in [6, 6.07) is 28.3. The van der Waals surface area contributed by atoms with Crippen molar-refractivity contribution in [2.45, 2.75) is 253 Å². The van der Waals surface area contributed by atoms with E-state index in [1.165, 1.54) is 113 Å². The van der Waals surface area contributed by atoms with Gasteiger partial charge in [-0.3, -0.25) is 28.8 Å². The van der Waals surface area contributed by atoms with Crippen LogP contribution in [0, 0.1) is 13.8 Å². The lowest BCUT2D eigenvalue weighted by Crippen LogP contribution is -2.25. The van der Waals surface area contributed by atoms with Gasteiger partial charge in [0, 0.05) is 133 Å². The Morgan fingerprint density at radius 2 is 0.580 bits per heavy atom. The first-order valence-electron chi connectivity index (χ1n) is 40.7. The standard InChI is InChI=1S/C89H108N2O12S9/c1-9-98-75(92)37-25-15-21-33-59-51-57(7)104-83(59)67-45-46-68(106-67)84-60(34-22-16-26-38-76(93)99-10-2)53-71(108-84)63-43-44-64(82-81(63)90-112-91-82)72-54-61(35-23-17-27-39-77(94)100-11-3)85(109-72)69-47-48-70(107-69)86-62(36-24-18-28-40-78(95)101-12-4)55-73(110-86)74-56-66-88(111-74)87-65(52-58(8)105-87)89(66,49-31-19-29-41-79(96)102-13-5)50-32-20-30-42-80(97)103-14-6/h43-48,51-56H,9-42,49-50H2,1-8H3. The van der Waals surface area contributed by atoms with E-state index in [1.807, 2.05) is 132 Å². The van der Waals surface area contributed by atoms with Crippen molar-refractivity contribution in [2.24, 2.45) is 0 Å². The molecule has 14 nitrogen and oxygen atoms in total. The van der Waals surface area contributed by atoms with Crippen molar-refractivity contribution in [3.63, 3.8) is 0 Å². The quantitative estimate of drug-likeness (QED) is 0.0199. The molecule has 0 spiro atoms. The van der Waals surface area contributed by atoms with E-state index in [0.717, 1.165) is 186 Å². The van der Waals surface area contributed by atoms with Gasteiger partial charge in [0.2, 0.25) is 0 Å². The van der Waals surface area contributed by atoms with Gasteiger partial charge in [-0.05, 0) is 252 Å². The van der Waals surface area contributed by atoms with Crippen LogP contribution in [0.4, 0.5) is 0 Å². The van der Waals surface area contributed by atoms with Crippen molar-refractivity contribution in [2.75, 3.05) is 39.6 Å². The average Bonchev–Trinajstić information content (AvgIpc) is 1.55. The van der Waals surface area contributed by atoms with Crippen LogP contribution in [0.5, 0.6) is 0 Å². The van der Waals surface area contributed by atoms with Gasteiger partial charge in [0.1, 0.15) is 11.0 Å². The molecule has 0 amide bonds. The largest absolute Gasteiger partial charge is 0.466 e. The lowest BCUT2D eigenvalue weighted by atomic mass is 9.71. The van der Waals surface area contributed by atoms with Gasteiger partial charge in [0.25, 0.3) is 0 Å². The van der Waals surface area contributed by atoms with E-state index >= 15 is 0 Å². The molecule has 600 valence electrons. The first-order valence-corrected chi connectivity index (χ1v) is 48.0. The van der Waals surface area contributed by atoms with Crippen molar-refractivity contribution >= 4 is 149 Å². The Morgan fingerprint density at radius 3 is 0.955 bits per heavy atom. The molecular formula is C89H108N2O12S9. The van der Waals surface area contributed by atoms with Crippen LogP contribution in [0.2, 0.25) is 0 Å². The molecule has 9 heterocycles. The molecule has 23 heteroatoms. The molecule has 0 saturated heterocycles. The molecule has 0 saturated carbocycles. The molecule has 1 aliphatic carbocycles. The molecule has 11 rings (SSSR count). The summed E-state index contributed by atoms with van der Waals surface area (Å²) >= 11 is 16.2. The lowest BCUT2D eigenvalue weighted by Gasteiger charge is -2.31. The smallest absolute Gasteiger partial charge is 0.305 e. The summed E-state index contributed by atoms with van der Waals surface area (Å²) < 4.78 is 42.0. The molecule has 0 aliphatic heterocycles. The van der Waals surface area contributed by atoms with E-state index in [1.54, 1.807) is 0 Å². The number of hydrogen-bond donors (Lipinski definition) is 0. The SMILES string of the molecule is CCOC(=O)CCCCCc1cc(C)sc1-c1ccc(-c2sc(-c3ccc(-c4cc(CCCCCC(=O)OCC)c(-c5ccc(-c6sc(-c7cc8c(s7)-c7sc(C)cc7C8(CCCCCC(=O)OCC)CCCCCC(=O)OCC)cc6CCCCCC(=O)OCC)s5)s4)c4nsnc34)cc2CCCCCC(=O)OCC)s1. The number of aromatic nitrogens is 2. The number of fused-ring (bicyclic) bond motifs is 4. The van der Waals surface area contributed by atoms with Crippen molar-refractivity contribution in [3.05, 3.63) is 116 Å². The second kappa shape index (κ2) is 43.4. The average molecular weight is 1690 g/mol. The third kappa shape index (κ3) is 22.8. The number of ether oxygens (including phenoxy) is 6. The van der Waals surface area contributed by atoms with Crippen LogP contribution >= 0.6 is 102 Å². The molecule has 0 unspecified atom stereocenters. The number of thiophene rings is 8. The molecule has 0 N–H and O–H groups in total. The first kappa shape index (κ1) is 86.3. The highest BCUT2D eigenvalue weighted by Crippen LogP contribution is 2.62. The Labute approximate surface area is 697 Å². The predicted molar refractivity (Wildman–Crippen MR) is 469 cm³/mol. The molecule has 0 radical (unpaired) electrons. The van der Waals surface area contributed by atoms with Gasteiger partial charge in [-0.2, -0.15) is 8.75 Å². The highest BCUT2D eigenvalue weighted by molar-refractivity contribution is 7.30. The predicted octanol–water partition coefficient (Wildman–Crippen LogP) is 26.4. The highest BCUT2D eigenvalue weighted by atomic mass is 32.1. The number of benzene rings is 1. The third-order valence-corrected chi connectivity index (χ3v) is 31.2. The van der Waals surface area contributed by atoms with Crippen LogP contribution in [0.25, 0.3) is 90.4 Å². The van der Waals surface area contributed by atoms with Crippen molar-refractivity contribution < 1.29 is 57.2 Å². The number of unbranched alkanes of at least 4 members (excludes halogenated alkanes) is 12. The number of rotatable bonds is 49. The first-order chi connectivity index (χ1) is 54.5. The zero-order valence-electron chi connectivity index (χ0n) is 66.4. The maximum Gasteiger partial charge on any atom is 0.305 e. The summed E-state index contributed by atoms with van der Waals surface area (Å²) in [4.78, 5) is 94.7. The number of hydrogen-bond acceptors (Lipinski definition) is 23. The summed E-state index contributed by atoms with van der Waals surface area (Å²) in [6.07, 6.45) is 24.1. The van der Waals surface area contributed by atoms with Gasteiger partial charge >= 0.3 is 35.8 Å². The van der Waals surface area contributed by atoms with Crippen LogP contribution in [-0.2, 0) is 88.3 Å². The van der Waals surface area contributed by atoms with Crippen LogP contribution < -0.4 is 0 Å². The monoisotopic (exact) mass is 1680 g/mol. The fourth-order valence-corrected chi connectivity index (χ4v) is 25.8. The minimum Gasteiger partial charge on any atom is -0.466 e. The summed E-state index contributed by atoms with van der Waals surface area (Å²) in [5.41, 5.74) is 11.8. The summed E-state index contributed by atoms with van der Waals surface area (Å²) in [5, 5.41) is 0. The Balaban J connectivity index is 0.915. The molecule has 10 aromatic rings. The lowest BCUT2D eigenvalue weighted by molar-refractivity contribution is -0.144. The van der Waals surface area contributed by atoms with Crippen LogP contribution in [0.3, 0.4) is 0 Å². The maximum atomic E-state index is 12.5. The van der Waals surface area contributed by atoms with Gasteiger partial charge in [-0.15, -0.1) is 90.7 Å². The fourth-order valence-electron chi connectivity index (χ4n) is 15.3. The van der Waals surface area contributed by atoms with Crippen LogP contribution in [-0.4, -0.2) is 84.2 Å². The molecular weight excluding hydrogens is 1580 g/mol. The van der Waals surface area contributed by atoms with Crippen molar-refractivity contribution in [1.29, 1.82) is 0 Å². The topological polar surface area (TPSA) is 184 Å². The second-order valence-corrected chi connectivity index (χ2v) is 38.2. The number of carbonyl (C=O) groups is 6. The van der Waals surface area contributed by atoms with E-state index in [0.29, 0.717) is 78.2 Å². The van der Waals surface area contributed by atoms with Crippen LogP contribution in [0.15, 0.2) is 72.8 Å². The van der Waals surface area contributed by atoms with Crippen molar-refractivity contribution in [3.8, 4) is 79.4 Å². The normalized spacial score (nSPS) is 12.2. The number of aryl methyl sites for hydroxylation is 6. The van der Waals surface area contributed by atoms with Gasteiger partial charge < -0.3 is 28.4 Å². The van der Waals surface area contributed by atoms with Crippen LogP contribution in [0.1, 0.15) is 252 Å². The van der Waals surface area contributed by atoms with Crippen molar-refractivity contribution in [1.82, 2.24) is 8.75 Å². The third-order valence-electron chi connectivity index (χ3n) is 20.6. The summed E-state index contributed by atoms with van der Waals surface area (Å²) in [6.45, 7) is 17.9. The van der Waals surface area contributed by atoms with E-state index in [4.69, 9.17) is 37.2 Å². The van der Waals surface area contributed by atoms with E-state index in [9.17, 15) is 28.8 Å². The molecule has 1 aromatic carbocycles. The van der Waals surface area contributed by atoms with Gasteiger partial charge in [0.15, 0.2) is 0 Å². The molecule has 9 aromatic heterocycles. The zero-order chi connectivity index (χ0) is 78.9. The Kier molecular flexibility index (Phi) is 33.5. The van der Waals surface area contributed by atoms with E-state index in [2.05, 4.69) is 86.6 Å². The zero-order valence-corrected chi connectivity index (χ0v) is 73.7. The van der Waals surface area contributed by atoms with E-state index < -0.39 is 0 Å². The van der Waals surface area contributed by atoms with Gasteiger partial charge in [0.05, 0.1) is 51.4 Å². The molecule has 112 heavy (non-hydrogen) atoms. The molecule has 0 fully saturated rings. The number of nitrogens with zero attached hydrogens (tertiary/aromatic N) is 2. The molecule has 0 atom stereocenters. The van der Waals surface area contributed by atoms with Gasteiger partial charge in [-0.25, -0.2) is 0 Å². The second-order valence-electron chi connectivity index (χ2n) is 28.8. The summed E-state index contributed by atoms with van der Waals surface area (Å²) in [7, 11) is 0. The minimum absolute atomic E-state index is 0.120. The minimum atomic E-state index is -0.193. The fraction of sp³-hybridized carbons (Fsp3) is 0.506. The van der Waals surface area contributed by atoms with E-state index in [-0.39, 0.29) is 41.2 Å². The Bertz CT molecular complexity index is 4720. The Morgan fingerprint density at radius 1 is 0.295 bits per heavy atom. The summed E-state index contributed by atoms with van der Waals surface area (Å²) in [5.74, 6) is -0.816. The number of carbonyl (C=O) groups excluding carboxylic acids is 6. The number of esters is 6. The van der Waals surface area contributed by atoms with Gasteiger partial charge in [-0.1, -0.05) is 63.5 Å². The molecule has 1 aliphatic rings. The maximum absolute atomic E-state index is 12.5. The molecule has 0 bridgehead atoms. The highest BCUT2D eigenvalue weighted by Gasteiger charge is 2.45. The Hall–Kier alpha value is -6.54.